The third kappa shape index (κ3) is 2.48. The minimum Gasteiger partial charge on any atom is -0.330 e. The van der Waals surface area contributed by atoms with Crippen molar-refractivity contribution in [3.8, 4) is 11.4 Å². The minimum atomic E-state index is -0.443. The van der Waals surface area contributed by atoms with Gasteiger partial charge in [0.05, 0.1) is 4.92 Å². The topological polar surface area (TPSA) is 113 Å². The summed E-state index contributed by atoms with van der Waals surface area (Å²) in [4.78, 5) is 10.1. The van der Waals surface area contributed by atoms with E-state index in [4.69, 9.17) is 5.73 Å². The van der Waals surface area contributed by atoms with E-state index in [0.29, 0.717) is 18.9 Å². The van der Waals surface area contributed by atoms with E-state index in [9.17, 15) is 10.1 Å². The van der Waals surface area contributed by atoms with Crippen LogP contribution in [0, 0.1) is 10.1 Å². The van der Waals surface area contributed by atoms with E-state index in [0.717, 1.165) is 12.0 Å². The Morgan fingerprint density at radius 3 is 2.67 bits per heavy atom. The molecule has 0 atom stereocenters. The molecule has 1 heterocycles. The number of aryl methyl sites for hydroxylation is 1. The Hall–Kier alpha value is -2.35. The fraction of sp³-hybridized carbons (Fsp3) is 0.300. The number of nitro benzene ring substituents is 1. The van der Waals surface area contributed by atoms with Crippen molar-refractivity contribution in [3.05, 3.63) is 34.4 Å². The molecule has 0 unspecified atom stereocenters. The zero-order valence-electron chi connectivity index (χ0n) is 9.56. The van der Waals surface area contributed by atoms with Crippen molar-refractivity contribution >= 4 is 5.69 Å². The van der Waals surface area contributed by atoms with Gasteiger partial charge < -0.3 is 5.73 Å². The molecule has 0 radical (unpaired) electrons. The number of nitro groups is 1. The largest absolute Gasteiger partial charge is 0.330 e. The van der Waals surface area contributed by atoms with Crippen molar-refractivity contribution < 1.29 is 4.92 Å². The number of nitrogens with zero attached hydrogens (tertiary/aromatic N) is 5. The standard InChI is InChI=1S/C10H12N6O2/c11-6-1-7-15-10(12-13-14-15)8-2-4-9(5-3-8)16(17)18/h2-5H,1,6-7,11H2. The molecule has 0 aliphatic carbocycles. The summed E-state index contributed by atoms with van der Waals surface area (Å²) in [6.07, 6.45) is 0.769. The molecule has 0 amide bonds. The zero-order chi connectivity index (χ0) is 13.0. The van der Waals surface area contributed by atoms with E-state index >= 15 is 0 Å². The van der Waals surface area contributed by atoms with Gasteiger partial charge in [-0.05, 0) is 35.5 Å². The highest BCUT2D eigenvalue weighted by Crippen LogP contribution is 2.19. The molecule has 2 N–H and O–H groups in total. The second-order valence-corrected chi connectivity index (χ2v) is 3.67. The molecular formula is C10H12N6O2. The average molecular weight is 248 g/mol. The number of non-ortho nitro benzene ring substituents is 1. The number of hydrogen-bond donors (Lipinski definition) is 1. The molecule has 0 saturated carbocycles. The van der Waals surface area contributed by atoms with Crippen LogP contribution in [-0.2, 0) is 6.54 Å². The summed E-state index contributed by atoms with van der Waals surface area (Å²) >= 11 is 0. The van der Waals surface area contributed by atoms with E-state index in [1.807, 2.05) is 0 Å². The lowest BCUT2D eigenvalue weighted by Crippen LogP contribution is -2.08. The summed E-state index contributed by atoms with van der Waals surface area (Å²) in [5.41, 5.74) is 6.21. The van der Waals surface area contributed by atoms with E-state index in [-0.39, 0.29) is 5.69 Å². The second-order valence-electron chi connectivity index (χ2n) is 3.67. The first-order valence-corrected chi connectivity index (χ1v) is 5.43. The van der Waals surface area contributed by atoms with Gasteiger partial charge in [-0.15, -0.1) is 5.10 Å². The number of hydrogen-bond acceptors (Lipinski definition) is 6. The van der Waals surface area contributed by atoms with Crippen LogP contribution in [0.1, 0.15) is 6.42 Å². The summed E-state index contributed by atoms with van der Waals surface area (Å²) in [7, 11) is 0. The van der Waals surface area contributed by atoms with Gasteiger partial charge in [0.2, 0.25) is 0 Å². The van der Waals surface area contributed by atoms with Gasteiger partial charge in [-0.3, -0.25) is 10.1 Å². The lowest BCUT2D eigenvalue weighted by atomic mass is 10.2. The molecule has 2 aromatic rings. The quantitative estimate of drug-likeness (QED) is 0.612. The number of tetrazole rings is 1. The first-order valence-electron chi connectivity index (χ1n) is 5.43. The maximum Gasteiger partial charge on any atom is 0.269 e. The first-order chi connectivity index (χ1) is 8.72. The van der Waals surface area contributed by atoms with Crippen LogP contribution in [-0.4, -0.2) is 31.7 Å². The predicted octanol–water partition coefficient (Wildman–Crippen LogP) is 0.597. The van der Waals surface area contributed by atoms with Gasteiger partial charge in [0.15, 0.2) is 5.82 Å². The Morgan fingerprint density at radius 2 is 2.06 bits per heavy atom. The number of aromatic nitrogens is 4. The normalized spacial score (nSPS) is 10.5. The molecule has 0 aliphatic rings. The zero-order valence-corrected chi connectivity index (χ0v) is 9.56. The van der Waals surface area contributed by atoms with Crippen LogP contribution < -0.4 is 5.73 Å². The van der Waals surface area contributed by atoms with Gasteiger partial charge in [0.25, 0.3) is 5.69 Å². The van der Waals surface area contributed by atoms with Crippen LogP contribution in [0.15, 0.2) is 24.3 Å². The van der Waals surface area contributed by atoms with Gasteiger partial charge in [0, 0.05) is 24.2 Å². The highest BCUT2D eigenvalue weighted by atomic mass is 16.6. The van der Waals surface area contributed by atoms with E-state index in [1.165, 1.54) is 12.1 Å². The van der Waals surface area contributed by atoms with Crippen molar-refractivity contribution in [3.63, 3.8) is 0 Å². The molecule has 94 valence electrons. The predicted molar refractivity (Wildman–Crippen MR) is 63.6 cm³/mol. The van der Waals surface area contributed by atoms with Crippen LogP contribution in [0.25, 0.3) is 11.4 Å². The van der Waals surface area contributed by atoms with Crippen LogP contribution >= 0.6 is 0 Å². The van der Waals surface area contributed by atoms with Gasteiger partial charge in [-0.25, -0.2) is 4.68 Å². The highest BCUT2D eigenvalue weighted by Gasteiger charge is 2.10. The number of nitrogens with two attached hydrogens (primary N) is 1. The molecule has 2 rings (SSSR count). The van der Waals surface area contributed by atoms with E-state index in [1.54, 1.807) is 16.8 Å². The third-order valence-electron chi connectivity index (χ3n) is 2.44. The third-order valence-corrected chi connectivity index (χ3v) is 2.44. The monoisotopic (exact) mass is 248 g/mol. The molecule has 8 nitrogen and oxygen atoms in total. The molecule has 1 aromatic heterocycles. The Morgan fingerprint density at radius 1 is 1.33 bits per heavy atom. The fourth-order valence-corrected chi connectivity index (χ4v) is 1.54. The average Bonchev–Trinajstić information content (AvgIpc) is 2.84. The van der Waals surface area contributed by atoms with Gasteiger partial charge in [-0.2, -0.15) is 0 Å². The van der Waals surface area contributed by atoms with Gasteiger partial charge in [-0.1, -0.05) is 0 Å². The van der Waals surface area contributed by atoms with Crippen molar-refractivity contribution in [2.24, 2.45) is 5.73 Å². The van der Waals surface area contributed by atoms with Crippen molar-refractivity contribution in [1.29, 1.82) is 0 Å². The Kier molecular flexibility index (Phi) is 3.58. The smallest absolute Gasteiger partial charge is 0.269 e. The van der Waals surface area contributed by atoms with Crippen LogP contribution in [0.4, 0.5) is 5.69 Å². The summed E-state index contributed by atoms with van der Waals surface area (Å²) in [5, 5.41) is 21.9. The van der Waals surface area contributed by atoms with Gasteiger partial charge in [0.1, 0.15) is 0 Å². The summed E-state index contributed by atoms with van der Waals surface area (Å²) in [5.74, 6) is 0.582. The maximum atomic E-state index is 10.6. The summed E-state index contributed by atoms with van der Waals surface area (Å²) in [6, 6.07) is 6.11. The lowest BCUT2D eigenvalue weighted by molar-refractivity contribution is -0.384. The Balaban J connectivity index is 2.25. The first kappa shape index (κ1) is 12.1. The number of rotatable bonds is 5. The van der Waals surface area contributed by atoms with Crippen LogP contribution in [0.5, 0.6) is 0 Å². The minimum absolute atomic E-state index is 0.0414. The summed E-state index contributed by atoms with van der Waals surface area (Å²) in [6.45, 7) is 1.18. The van der Waals surface area contributed by atoms with Crippen molar-refractivity contribution in [2.45, 2.75) is 13.0 Å². The molecule has 0 bridgehead atoms. The van der Waals surface area contributed by atoms with E-state index < -0.39 is 4.92 Å². The molecule has 18 heavy (non-hydrogen) atoms. The van der Waals surface area contributed by atoms with Crippen LogP contribution in [0.2, 0.25) is 0 Å². The molecule has 0 spiro atoms. The van der Waals surface area contributed by atoms with Crippen molar-refractivity contribution in [2.75, 3.05) is 6.54 Å². The second kappa shape index (κ2) is 5.32. The Labute approximate surface area is 103 Å². The molecule has 1 aromatic carbocycles. The number of benzene rings is 1. The molecule has 0 saturated heterocycles. The Bertz CT molecular complexity index is 536. The SMILES string of the molecule is NCCCn1nnnc1-c1ccc([N+](=O)[O-])cc1. The fourth-order valence-electron chi connectivity index (χ4n) is 1.54. The lowest BCUT2D eigenvalue weighted by Gasteiger charge is -2.03. The molecule has 8 heteroatoms. The molecular weight excluding hydrogens is 236 g/mol. The van der Waals surface area contributed by atoms with Crippen LogP contribution in [0.3, 0.4) is 0 Å². The van der Waals surface area contributed by atoms with E-state index in [2.05, 4.69) is 15.5 Å². The maximum absolute atomic E-state index is 10.6. The molecule has 0 aliphatic heterocycles. The summed E-state index contributed by atoms with van der Waals surface area (Å²) < 4.78 is 1.63. The van der Waals surface area contributed by atoms with Crippen molar-refractivity contribution in [1.82, 2.24) is 20.2 Å². The van der Waals surface area contributed by atoms with Gasteiger partial charge >= 0.3 is 0 Å². The molecule has 0 fully saturated rings. The highest BCUT2D eigenvalue weighted by molar-refractivity contribution is 5.56.